The number of ether oxygens (including phenoxy) is 3. The van der Waals surface area contributed by atoms with E-state index in [0.29, 0.717) is 25.7 Å². The van der Waals surface area contributed by atoms with E-state index < -0.39 is 0 Å². The minimum Gasteiger partial charge on any atom is -0.494 e. The van der Waals surface area contributed by atoms with Crippen LogP contribution in [0.5, 0.6) is 11.5 Å². The molecule has 2 N–H and O–H groups in total. The van der Waals surface area contributed by atoms with E-state index in [1.807, 2.05) is 19.1 Å². The number of rotatable bonds is 7. The first-order valence-corrected chi connectivity index (χ1v) is 9.70. The molecule has 0 radical (unpaired) electrons. The molecule has 0 amide bonds. The highest BCUT2D eigenvalue weighted by Gasteiger charge is 2.18. The Morgan fingerprint density at radius 2 is 1.97 bits per heavy atom. The second-order valence-electron chi connectivity index (χ2n) is 6.96. The molecule has 1 aliphatic rings. The Hall–Kier alpha value is -2.07. The molecule has 3 rings (SSSR count). The fourth-order valence-corrected chi connectivity index (χ4v) is 3.11. The van der Waals surface area contributed by atoms with Crippen molar-refractivity contribution in [3.8, 4) is 11.5 Å². The molecule has 0 bridgehead atoms. The first-order valence-electron chi connectivity index (χ1n) is 9.70. The third kappa shape index (κ3) is 6.73. The summed E-state index contributed by atoms with van der Waals surface area (Å²) in [5, 5.41) is 6.48. The summed E-state index contributed by atoms with van der Waals surface area (Å²) in [4.78, 5) is 4.24. The second kappa shape index (κ2) is 11.9. The third-order valence-corrected chi connectivity index (χ3v) is 4.75. The Bertz CT molecular complexity index is 858. The highest BCUT2D eigenvalue weighted by atomic mass is 127. The van der Waals surface area contributed by atoms with Gasteiger partial charge in [0.1, 0.15) is 11.9 Å². The Labute approximate surface area is 194 Å². The number of hydrogen-bond donors (Lipinski definition) is 2. The van der Waals surface area contributed by atoms with Gasteiger partial charge in [-0.2, -0.15) is 0 Å². The molecule has 1 fully saturated rings. The molecule has 6 nitrogen and oxygen atoms in total. The summed E-state index contributed by atoms with van der Waals surface area (Å²) < 4.78 is 30.3. The van der Waals surface area contributed by atoms with Gasteiger partial charge in [-0.3, -0.25) is 4.99 Å². The summed E-state index contributed by atoms with van der Waals surface area (Å²) in [5.74, 6) is 1.33. The van der Waals surface area contributed by atoms with E-state index in [1.54, 1.807) is 13.1 Å². The number of benzene rings is 2. The molecule has 2 aromatic rings. The molecule has 0 spiro atoms. The highest BCUT2D eigenvalue weighted by molar-refractivity contribution is 14.0. The average Bonchev–Trinajstić information content (AvgIpc) is 3.22. The van der Waals surface area contributed by atoms with Gasteiger partial charge in [-0.1, -0.05) is 18.2 Å². The van der Waals surface area contributed by atoms with Crippen molar-refractivity contribution in [3.05, 3.63) is 58.9 Å². The normalized spacial score (nSPS) is 16.0. The van der Waals surface area contributed by atoms with Crippen molar-refractivity contribution in [2.24, 2.45) is 4.99 Å². The summed E-state index contributed by atoms with van der Waals surface area (Å²) in [5.41, 5.74) is 2.99. The number of methoxy groups -OCH3 is 1. The van der Waals surface area contributed by atoms with E-state index >= 15 is 0 Å². The zero-order valence-corrected chi connectivity index (χ0v) is 19.9. The van der Waals surface area contributed by atoms with Crippen molar-refractivity contribution in [3.63, 3.8) is 0 Å². The lowest BCUT2D eigenvalue weighted by Crippen LogP contribution is -2.36. The first-order chi connectivity index (χ1) is 14.1. The van der Waals surface area contributed by atoms with Crippen molar-refractivity contribution in [1.82, 2.24) is 10.6 Å². The number of halogens is 2. The van der Waals surface area contributed by atoms with E-state index in [9.17, 15) is 4.39 Å². The van der Waals surface area contributed by atoms with Crippen molar-refractivity contribution in [2.75, 3.05) is 27.4 Å². The van der Waals surface area contributed by atoms with Gasteiger partial charge >= 0.3 is 0 Å². The molecule has 8 heteroatoms. The summed E-state index contributed by atoms with van der Waals surface area (Å²) in [6.07, 6.45) is 1.00. The molecule has 1 aliphatic heterocycles. The van der Waals surface area contributed by atoms with Crippen LogP contribution >= 0.6 is 24.0 Å². The van der Waals surface area contributed by atoms with Crippen LogP contribution in [0.1, 0.15) is 23.1 Å². The minimum atomic E-state index is -0.382. The standard InChI is InChI=1S/C22H28FN3O3.HI/c1-15-4-6-17(21(10-15)29-18-8-9-28-14-18)13-26-22(24-2)25-12-16-5-7-20(27-3)19(23)11-16;/h4-7,10-11,18H,8-9,12-14H2,1-3H3,(H2,24,25,26);1H. The van der Waals surface area contributed by atoms with Crippen LogP contribution < -0.4 is 20.1 Å². The predicted molar refractivity (Wildman–Crippen MR) is 126 cm³/mol. The SMILES string of the molecule is CN=C(NCc1ccc(OC)c(F)c1)NCc1ccc(C)cc1OC1CCOC1.I. The van der Waals surface area contributed by atoms with Crippen LogP contribution in [0.15, 0.2) is 41.4 Å². The summed E-state index contributed by atoms with van der Waals surface area (Å²) in [7, 11) is 3.15. The van der Waals surface area contributed by atoms with E-state index in [2.05, 4.69) is 27.8 Å². The second-order valence-corrected chi connectivity index (χ2v) is 6.96. The maximum Gasteiger partial charge on any atom is 0.191 e. The zero-order valence-electron chi connectivity index (χ0n) is 17.5. The molecule has 164 valence electrons. The van der Waals surface area contributed by atoms with Crippen molar-refractivity contribution in [1.29, 1.82) is 0 Å². The first kappa shape index (κ1) is 24.2. The molecule has 1 unspecified atom stereocenters. The van der Waals surface area contributed by atoms with E-state index in [4.69, 9.17) is 14.2 Å². The smallest absolute Gasteiger partial charge is 0.191 e. The van der Waals surface area contributed by atoms with Crippen LogP contribution in [0.3, 0.4) is 0 Å². The van der Waals surface area contributed by atoms with Gasteiger partial charge in [0.2, 0.25) is 0 Å². The van der Waals surface area contributed by atoms with Crippen molar-refractivity contribution >= 4 is 29.9 Å². The number of aliphatic imine (C=N–C) groups is 1. The largest absolute Gasteiger partial charge is 0.494 e. The summed E-state index contributed by atoms with van der Waals surface area (Å²) in [6, 6.07) is 11.0. The van der Waals surface area contributed by atoms with Gasteiger partial charge < -0.3 is 24.8 Å². The topological polar surface area (TPSA) is 64.1 Å². The lowest BCUT2D eigenvalue weighted by atomic mass is 10.1. The Balaban J connectivity index is 0.00000320. The molecule has 1 heterocycles. The monoisotopic (exact) mass is 529 g/mol. The number of hydrogen-bond acceptors (Lipinski definition) is 4. The lowest BCUT2D eigenvalue weighted by Gasteiger charge is -2.18. The summed E-state index contributed by atoms with van der Waals surface area (Å²) in [6.45, 7) is 4.41. The molecular formula is C22H29FIN3O3. The van der Waals surface area contributed by atoms with Gasteiger partial charge in [0.15, 0.2) is 17.5 Å². The van der Waals surface area contributed by atoms with Gasteiger partial charge in [-0.25, -0.2) is 4.39 Å². The van der Waals surface area contributed by atoms with E-state index in [1.165, 1.54) is 13.2 Å². The lowest BCUT2D eigenvalue weighted by molar-refractivity contribution is 0.140. The Morgan fingerprint density at radius 3 is 2.63 bits per heavy atom. The van der Waals surface area contributed by atoms with Crippen molar-refractivity contribution in [2.45, 2.75) is 32.5 Å². The average molecular weight is 529 g/mol. The quantitative estimate of drug-likeness (QED) is 0.325. The van der Waals surface area contributed by atoms with Gasteiger partial charge in [0.05, 0.1) is 20.3 Å². The fraction of sp³-hybridized carbons (Fsp3) is 0.409. The van der Waals surface area contributed by atoms with Crippen LogP contribution in [0.25, 0.3) is 0 Å². The molecular weight excluding hydrogens is 500 g/mol. The van der Waals surface area contributed by atoms with Gasteiger partial charge in [0.25, 0.3) is 0 Å². The molecule has 0 aliphatic carbocycles. The van der Waals surface area contributed by atoms with Crippen molar-refractivity contribution < 1.29 is 18.6 Å². The number of nitrogens with zero attached hydrogens (tertiary/aromatic N) is 1. The van der Waals surface area contributed by atoms with Crippen LogP contribution in [-0.4, -0.2) is 39.4 Å². The minimum absolute atomic E-state index is 0. The Kier molecular flexibility index (Phi) is 9.64. The predicted octanol–water partition coefficient (Wildman–Crippen LogP) is 3.79. The maximum absolute atomic E-state index is 13.8. The highest BCUT2D eigenvalue weighted by Crippen LogP contribution is 2.24. The number of nitrogens with one attached hydrogen (secondary N) is 2. The Morgan fingerprint density at radius 1 is 1.17 bits per heavy atom. The maximum atomic E-state index is 13.8. The molecule has 1 saturated heterocycles. The zero-order chi connectivity index (χ0) is 20.6. The number of aryl methyl sites for hydroxylation is 1. The third-order valence-electron chi connectivity index (χ3n) is 4.75. The van der Waals surface area contributed by atoms with Crippen LogP contribution in [0, 0.1) is 12.7 Å². The molecule has 1 atom stereocenters. The molecule has 0 aromatic heterocycles. The molecule has 0 saturated carbocycles. The van der Waals surface area contributed by atoms with E-state index in [0.717, 1.165) is 35.5 Å². The van der Waals surface area contributed by atoms with Crippen LogP contribution in [-0.2, 0) is 17.8 Å². The summed E-state index contributed by atoms with van der Waals surface area (Å²) >= 11 is 0. The fourth-order valence-electron chi connectivity index (χ4n) is 3.11. The molecule has 30 heavy (non-hydrogen) atoms. The number of guanidine groups is 1. The van der Waals surface area contributed by atoms with Crippen LogP contribution in [0.2, 0.25) is 0 Å². The molecule has 2 aromatic carbocycles. The van der Waals surface area contributed by atoms with E-state index in [-0.39, 0.29) is 41.6 Å². The van der Waals surface area contributed by atoms with Gasteiger partial charge in [-0.05, 0) is 36.2 Å². The van der Waals surface area contributed by atoms with Gasteiger partial charge in [-0.15, -0.1) is 24.0 Å². The van der Waals surface area contributed by atoms with Gasteiger partial charge in [0, 0.05) is 32.1 Å². The van der Waals surface area contributed by atoms with Crippen LogP contribution in [0.4, 0.5) is 4.39 Å².